The molecule has 1 aliphatic rings. The highest BCUT2D eigenvalue weighted by molar-refractivity contribution is 5.84. The third kappa shape index (κ3) is 3.27. The van der Waals surface area contributed by atoms with Gasteiger partial charge in [0.15, 0.2) is 0 Å². The van der Waals surface area contributed by atoms with Crippen molar-refractivity contribution in [1.29, 1.82) is 0 Å². The second kappa shape index (κ2) is 6.38. The molecule has 0 aromatic carbocycles. The van der Waals surface area contributed by atoms with Gasteiger partial charge in [-0.1, -0.05) is 6.92 Å². The molecule has 20 heavy (non-hydrogen) atoms. The van der Waals surface area contributed by atoms with Gasteiger partial charge in [-0.3, -0.25) is 4.79 Å². The fourth-order valence-corrected chi connectivity index (χ4v) is 2.06. The first-order valence-corrected chi connectivity index (χ1v) is 6.64. The van der Waals surface area contributed by atoms with Crippen molar-refractivity contribution in [1.82, 2.24) is 9.97 Å². The van der Waals surface area contributed by atoms with Crippen LogP contribution in [-0.4, -0.2) is 48.2 Å². The molecule has 0 aliphatic carbocycles. The van der Waals surface area contributed by atoms with Crippen LogP contribution in [0.5, 0.6) is 0 Å². The van der Waals surface area contributed by atoms with Gasteiger partial charge in [0.2, 0.25) is 11.9 Å². The van der Waals surface area contributed by atoms with E-state index in [1.807, 2.05) is 0 Å². The first-order valence-electron chi connectivity index (χ1n) is 6.64. The maximum absolute atomic E-state index is 11.5. The fraction of sp³-hybridized carbons (Fsp3) is 0.583. The van der Waals surface area contributed by atoms with Crippen LogP contribution in [0, 0.1) is 0 Å². The number of nitrogens with one attached hydrogen (secondary N) is 1. The van der Waals surface area contributed by atoms with Gasteiger partial charge in [-0.15, -0.1) is 0 Å². The first-order chi connectivity index (χ1) is 9.61. The van der Waals surface area contributed by atoms with Gasteiger partial charge >= 0.3 is 0 Å². The first kappa shape index (κ1) is 14.3. The van der Waals surface area contributed by atoms with Gasteiger partial charge in [0.25, 0.3) is 0 Å². The van der Waals surface area contributed by atoms with Gasteiger partial charge in [0.05, 0.1) is 13.2 Å². The summed E-state index contributed by atoms with van der Waals surface area (Å²) in [6.07, 6.45) is 0.973. The van der Waals surface area contributed by atoms with Gasteiger partial charge in [-0.2, -0.15) is 9.97 Å². The Morgan fingerprint density at radius 3 is 3.10 bits per heavy atom. The van der Waals surface area contributed by atoms with Crippen LogP contribution in [0.1, 0.15) is 13.3 Å². The number of anilines is 3. The highest BCUT2D eigenvalue weighted by atomic mass is 16.5. The molecule has 1 aromatic rings. The summed E-state index contributed by atoms with van der Waals surface area (Å²) in [5.74, 6) is 0.952. The lowest BCUT2D eigenvalue weighted by atomic mass is 10.2. The van der Waals surface area contributed by atoms with E-state index < -0.39 is 11.9 Å². The van der Waals surface area contributed by atoms with Crippen LogP contribution < -0.4 is 21.7 Å². The molecule has 1 saturated heterocycles. The maximum atomic E-state index is 11.5. The molecular weight excluding hydrogens is 260 g/mol. The average molecular weight is 280 g/mol. The average Bonchev–Trinajstić information content (AvgIpc) is 2.44. The maximum Gasteiger partial charge on any atom is 0.242 e. The van der Waals surface area contributed by atoms with Gasteiger partial charge in [-0.05, 0) is 6.42 Å². The number of ether oxygens (including phenoxy) is 1. The van der Waals surface area contributed by atoms with Crippen molar-refractivity contribution in [2.75, 3.05) is 42.3 Å². The predicted molar refractivity (Wildman–Crippen MR) is 76.4 cm³/mol. The zero-order chi connectivity index (χ0) is 14.5. The van der Waals surface area contributed by atoms with Crippen LogP contribution >= 0.6 is 0 Å². The number of nitrogens with two attached hydrogens (primary N) is 2. The molecule has 8 heteroatoms. The topological polar surface area (TPSA) is 119 Å². The number of nitrogen functional groups attached to an aromatic ring is 1. The summed E-state index contributed by atoms with van der Waals surface area (Å²) in [7, 11) is 0. The van der Waals surface area contributed by atoms with Crippen LogP contribution in [-0.2, 0) is 9.53 Å². The number of amides is 1. The number of carbonyl (C=O) groups excluding carboxylic acids is 1. The molecule has 1 unspecified atom stereocenters. The van der Waals surface area contributed by atoms with E-state index >= 15 is 0 Å². The van der Waals surface area contributed by atoms with Gasteiger partial charge in [-0.25, -0.2) is 0 Å². The van der Waals surface area contributed by atoms with E-state index in [1.54, 1.807) is 11.0 Å². The minimum absolute atomic E-state index is 0.163. The molecule has 8 nitrogen and oxygen atoms in total. The Morgan fingerprint density at radius 2 is 2.40 bits per heavy atom. The van der Waals surface area contributed by atoms with Gasteiger partial charge in [0, 0.05) is 19.2 Å². The highest BCUT2D eigenvalue weighted by Gasteiger charge is 2.29. The molecule has 1 fully saturated rings. The second-order valence-electron chi connectivity index (χ2n) is 4.58. The number of nitrogens with zero attached hydrogens (tertiary/aromatic N) is 3. The van der Waals surface area contributed by atoms with Crippen LogP contribution in [0.2, 0.25) is 0 Å². The van der Waals surface area contributed by atoms with E-state index in [2.05, 4.69) is 22.2 Å². The molecule has 1 amide bonds. The molecule has 1 atom stereocenters. The number of rotatable bonds is 5. The Bertz CT molecular complexity index is 481. The van der Waals surface area contributed by atoms with Gasteiger partial charge in [0.1, 0.15) is 17.7 Å². The third-order valence-corrected chi connectivity index (χ3v) is 3.04. The number of hydrogen-bond acceptors (Lipinski definition) is 7. The summed E-state index contributed by atoms with van der Waals surface area (Å²) in [6, 6.07) is 1.24. The van der Waals surface area contributed by atoms with Crippen molar-refractivity contribution in [2.45, 2.75) is 19.4 Å². The lowest BCUT2D eigenvalue weighted by Crippen LogP contribution is -2.53. The minimum atomic E-state index is -0.530. The number of carbonyl (C=O) groups is 1. The second-order valence-corrected chi connectivity index (χ2v) is 4.58. The highest BCUT2D eigenvalue weighted by Crippen LogP contribution is 2.21. The standard InChI is InChI=1S/C12H20N6O2/c1-2-3-15-9-6-10(17-12(14)16-9)18-4-5-20-7-8(18)11(13)19/h6,8H,2-5,7H2,1H3,(H2,13,19)(H3,14,15,16,17). The van der Waals surface area contributed by atoms with Crippen molar-refractivity contribution >= 4 is 23.5 Å². The predicted octanol–water partition coefficient (Wildman–Crippen LogP) is -0.429. The van der Waals surface area contributed by atoms with Crippen LogP contribution in [0.4, 0.5) is 17.6 Å². The Hall–Kier alpha value is -2.09. The van der Waals surface area contributed by atoms with E-state index in [-0.39, 0.29) is 12.6 Å². The molecular formula is C12H20N6O2. The lowest BCUT2D eigenvalue weighted by Gasteiger charge is -2.34. The molecule has 1 aliphatic heterocycles. The van der Waals surface area contributed by atoms with E-state index in [1.165, 1.54) is 0 Å². The quantitative estimate of drug-likeness (QED) is 0.669. The molecule has 0 radical (unpaired) electrons. The largest absolute Gasteiger partial charge is 0.377 e. The monoisotopic (exact) mass is 280 g/mol. The normalized spacial score (nSPS) is 18.9. The summed E-state index contributed by atoms with van der Waals surface area (Å²) in [5, 5.41) is 3.15. The molecule has 110 valence electrons. The molecule has 0 spiro atoms. The van der Waals surface area contributed by atoms with Crippen molar-refractivity contribution in [2.24, 2.45) is 5.73 Å². The van der Waals surface area contributed by atoms with Crippen LogP contribution in [0.15, 0.2) is 6.07 Å². The van der Waals surface area contributed by atoms with Crippen molar-refractivity contribution < 1.29 is 9.53 Å². The van der Waals surface area contributed by atoms with Crippen LogP contribution in [0.25, 0.3) is 0 Å². The molecule has 0 saturated carbocycles. The smallest absolute Gasteiger partial charge is 0.242 e. The summed E-state index contributed by atoms with van der Waals surface area (Å²) in [4.78, 5) is 21.6. The molecule has 1 aromatic heterocycles. The zero-order valence-electron chi connectivity index (χ0n) is 11.5. The van der Waals surface area contributed by atoms with Crippen LogP contribution in [0.3, 0.4) is 0 Å². The van der Waals surface area contributed by atoms with E-state index in [4.69, 9.17) is 16.2 Å². The Labute approximate surface area is 117 Å². The molecule has 2 heterocycles. The summed E-state index contributed by atoms with van der Waals surface area (Å²) >= 11 is 0. The zero-order valence-corrected chi connectivity index (χ0v) is 11.5. The van der Waals surface area contributed by atoms with E-state index in [0.29, 0.717) is 24.8 Å². The lowest BCUT2D eigenvalue weighted by molar-refractivity contribution is -0.121. The summed E-state index contributed by atoms with van der Waals surface area (Å²) in [6.45, 7) is 4.17. The van der Waals surface area contributed by atoms with Crippen molar-refractivity contribution in [3.8, 4) is 0 Å². The van der Waals surface area contributed by atoms with Crippen molar-refractivity contribution in [3.05, 3.63) is 6.07 Å². The molecule has 5 N–H and O–H groups in total. The van der Waals surface area contributed by atoms with Gasteiger partial charge < -0.3 is 26.4 Å². The number of aromatic nitrogens is 2. The summed E-state index contributed by atoms with van der Waals surface area (Å²) in [5.41, 5.74) is 11.1. The Balaban J connectivity index is 2.25. The molecule has 2 rings (SSSR count). The summed E-state index contributed by atoms with van der Waals surface area (Å²) < 4.78 is 5.29. The number of morpholine rings is 1. The molecule has 0 bridgehead atoms. The van der Waals surface area contributed by atoms with E-state index in [9.17, 15) is 4.79 Å². The van der Waals surface area contributed by atoms with E-state index in [0.717, 1.165) is 13.0 Å². The Morgan fingerprint density at radius 1 is 1.60 bits per heavy atom. The number of hydrogen-bond donors (Lipinski definition) is 3. The minimum Gasteiger partial charge on any atom is -0.377 e. The fourth-order valence-electron chi connectivity index (χ4n) is 2.06. The SMILES string of the molecule is CCCNc1cc(N2CCOCC2C(N)=O)nc(N)n1. The Kier molecular flexibility index (Phi) is 4.57. The van der Waals surface area contributed by atoms with Crippen molar-refractivity contribution in [3.63, 3.8) is 0 Å². The number of primary amides is 1. The third-order valence-electron chi connectivity index (χ3n) is 3.04.